The van der Waals surface area contributed by atoms with Crippen molar-refractivity contribution in [2.45, 2.75) is 12.5 Å². The number of fused-ring (bicyclic) bond motifs is 3. The average molecular weight is 264 g/mol. The highest BCUT2D eigenvalue weighted by Gasteiger charge is 2.14. The Hall–Kier alpha value is -2.39. The Kier molecular flexibility index (Phi) is 3.12. The summed E-state index contributed by atoms with van der Waals surface area (Å²) in [5, 5.41) is 4.56. The number of amides is 1. The maximum atomic E-state index is 11.1. The molecular weight excluding hydrogens is 248 g/mol. The minimum Gasteiger partial charge on any atom is -0.370 e. The van der Waals surface area contributed by atoms with Crippen molar-refractivity contribution < 1.29 is 4.79 Å². The maximum absolute atomic E-state index is 11.1. The van der Waals surface area contributed by atoms with Gasteiger partial charge in [0.2, 0.25) is 5.91 Å². The number of primary amides is 1. The molecule has 0 heterocycles. The van der Waals surface area contributed by atoms with Gasteiger partial charge in [-0.1, -0.05) is 48.5 Å². The Morgan fingerprint density at radius 3 is 2.25 bits per heavy atom. The lowest BCUT2D eigenvalue weighted by Crippen LogP contribution is -2.20. The van der Waals surface area contributed by atoms with Crippen molar-refractivity contribution in [1.82, 2.24) is 0 Å². The summed E-state index contributed by atoms with van der Waals surface area (Å²) in [6.07, 6.45) is 0.155. The van der Waals surface area contributed by atoms with Crippen molar-refractivity contribution in [2.75, 3.05) is 0 Å². The van der Waals surface area contributed by atoms with Crippen LogP contribution in [0.1, 0.15) is 18.0 Å². The summed E-state index contributed by atoms with van der Waals surface area (Å²) in [6.45, 7) is 0. The van der Waals surface area contributed by atoms with Crippen LogP contribution < -0.4 is 11.5 Å². The molecule has 0 aromatic heterocycles. The summed E-state index contributed by atoms with van der Waals surface area (Å²) >= 11 is 0. The van der Waals surface area contributed by atoms with Gasteiger partial charge in [-0.15, -0.1) is 0 Å². The first-order valence-electron chi connectivity index (χ1n) is 6.61. The van der Waals surface area contributed by atoms with Gasteiger partial charge in [-0.2, -0.15) is 0 Å². The summed E-state index contributed by atoms with van der Waals surface area (Å²) in [5.41, 5.74) is 12.4. The summed E-state index contributed by atoms with van der Waals surface area (Å²) in [6, 6.07) is 18.0. The van der Waals surface area contributed by atoms with Crippen molar-refractivity contribution >= 4 is 27.5 Å². The molecule has 100 valence electrons. The second kappa shape index (κ2) is 4.94. The van der Waals surface area contributed by atoms with E-state index in [2.05, 4.69) is 24.3 Å². The molecule has 3 nitrogen and oxygen atoms in total. The van der Waals surface area contributed by atoms with Gasteiger partial charge in [0.05, 0.1) is 0 Å². The van der Waals surface area contributed by atoms with E-state index >= 15 is 0 Å². The molecule has 3 heteroatoms. The molecule has 1 amide bonds. The van der Waals surface area contributed by atoms with Gasteiger partial charge in [-0.25, -0.2) is 0 Å². The van der Waals surface area contributed by atoms with Crippen LogP contribution in [0.5, 0.6) is 0 Å². The minimum absolute atomic E-state index is 0.155. The first-order valence-corrected chi connectivity index (χ1v) is 6.61. The van der Waals surface area contributed by atoms with Gasteiger partial charge in [-0.05, 0) is 33.2 Å². The lowest BCUT2D eigenvalue weighted by Gasteiger charge is -2.15. The van der Waals surface area contributed by atoms with Crippen LogP contribution in [0.4, 0.5) is 0 Å². The molecule has 0 aliphatic rings. The van der Waals surface area contributed by atoms with E-state index in [0.717, 1.165) is 21.7 Å². The monoisotopic (exact) mass is 264 g/mol. The zero-order chi connectivity index (χ0) is 14.1. The summed E-state index contributed by atoms with van der Waals surface area (Å²) in [4.78, 5) is 11.1. The predicted molar refractivity (Wildman–Crippen MR) is 82.2 cm³/mol. The summed E-state index contributed by atoms with van der Waals surface area (Å²) < 4.78 is 0. The van der Waals surface area contributed by atoms with Gasteiger partial charge in [0.25, 0.3) is 0 Å². The van der Waals surface area contributed by atoms with E-state index in [1.165, 1.54) is 5.39 Å². The lowest BCUT2D eigenvalue weighted by atomic mass is 9.92. The van der Waals surface area contributed by atoms with Crippen LogP contribution in [-0.2, 0) is 4.79 Å². The molecule has 0 aliphatic heterocycles. The zero-order valence-electron chi connectivity index (χ0n) is 11.0. The molecule has 3 rings (SSSR count). The van der Waals surface area contributed by atoms with Crippen molar-refractivity contribution in [1.29, 1.82) is 0 Å². The fourth-order valence-electron chi connectivity index (χ4n) is 2.72. The Balaban J connectivity index is 2.31. The normalized spacial score (nSPS) is 12.7. The van der Waals surface area contributed by atoms with Gasteiger partial charge in [0.1, 0.15) is 0 Å². The van der Waals surface area contributed by atoms with Crippen LogP contribution in [0.15, 0.2) is 54.6 Å². The van der Waals surface area contributed by atoms with E-state index in [1.54, 1.807) is 0 Å². The molecule has 0 spiro atoms. The first kappa shape index (κ1) is 12.6. The van der Waals surface area contributed by atoms with E-state index in [9.17, 15) is 4.79 Å². The number of benzene rings is 3. The van der Waals surface area contributed by atoms with Gasteiger partial charge >= 0.3 is 0 Å². The molecule has 0 aliphatic carbocycles. The Bertz CT molecular complexity index is 795. The van der Waals surface area contributed by atoms with E-state index < -0.39 is 0 Å². The highest BCUT2D eigenvalue weighted by molar-refractivity contribution is 6.09. The van der Waals surface area contributed by atoms with Crippen molar-refractivity contribution in [3.63, 3.8) is 0 Å². The van der Waals surface area contributed by atoms with Gasteiger partial charge < -0.3 is 11.5 Å². The topological polar surface area (TPSA) is 69.1 Å². The highest BCUT2D eigenvalue weighted by Crippen LogP contribution is 2.31. The molecule has 3 aromatic carbocycles. The maximum Gasteiger partial charge on any atom is 0.219 e. The van der Waals surface area contributed by atoms with Gasteiger partial charge in [0.15, 0.2) is 0 Å². The molecular formula is C17H16N2O. The fraction of sp³-hybridized carbons (Fsp3) is 0.118. The van der Waals surface area contributed by atoms with Crippen LogP contribution in [0, 0.1) is 0 Å². The molecule has 0 saturated carbocycles. The minimum atomic E-state index is -0.380. The molecule has 3 aromatic rings. The Morgan fingerprint density at radius 1 is 0.950 bits per heavy atom. The van der Waals surface area contributed by atoms with Crippen LogP contribution in [0.2, 0.25) is 0 Å². The highest BCUT2D eigenvalue weighted by atomic mass is 16.1. The van der Waals surface area contributed by atoms with E-state index in [-0.39, 0.29) is 18.4 Å². The third kappa shape index (κ3) is 2.12. The van der Waals surface area contributed by atoms with E-state index in [4.69, 9.17) is 11.5 Å². The van der Waals surface area contributed by atoms with Crippen molar-refractivity contribution in [3.05, 3.63) is 60.2 Å². The van der Waals surface area contributed by atoms with Crippen LogP contribution >= 0.6 is 0 Å². The zero-order valence-corrected chi connectivity index (χ0v) is 11.0. The number of rotatable bonds is 3. The predicted octanol–water partition coefficient (Wildman–Crippen LogP) is 2.87. The lowest BCUT2D eigenvalue weighted by molar-refractivity contribution is -0.118. The second-order valence-electron chi connectivity index (χ2n) is 5.01. The molecule has 20 heavy (non-hydrogen) atoms. The molecule has 0 fully saturated rings. The van der Waals surface area contributed by atoms with Crippen molar-refractivity contribution in [2.24, 2.45) is 11.5 Å². The standard InChI is InChI=1S/C17H16N2O/c18-16(10-17(19)20)15-9-11-5-1-2-6-12(11)13-7-3-4-8-14(13)15/h1-9,16H,10,18H2,(H2,19,20). The van der Waals surface area contributed by atoms with E-state index in [1.807, 2.05) is 30.3 Å². The number of carbonyl (C=O) groups is 1. The second-order valence-corrected chi connectivity index (χ2v) is 5.01. The smallest absolute Gasteiger partial charge is 0.219 e. The number of hydrogen-bond donors (Lipinski definition) is 2. The summed E-state index contributed by atoms with van der Waals surface area (Å²) in [5.74, 6) is -0.380. The van der Waals surface area contributed by atoms with Gasteiger partial charge in [-0.3, -0.25) is 4.79 Å². The molecule has 0 radical (unpaired) electrons. The molecule has 4 N–H and O–H groups in total. The van der Waals surface area contributed by atoms with Crippen LogP contribution in [0.25, 0.3) is 21.5 Å². The van der Waals surface area contributed by atoms with Crippen LogP contribution in [-0.4, -0.2) is 5.91 Å². The van der Waals surface area contributed by atoms with Gasteiger partial charge in [0, 0.05) is 12.5 Å². The Labute approximate surface area is 117 Å². The average Bonchev–Trinajstić information content (AvgIpc) is 2.45. The molecule has 0 saturated heterocycles. The third-order valence-corrected chi connectivity index (χ3v) is 3.62. The largest absolute Gasteiger partial charge is 0.370 e. The first-order chi connectivity index (χ1) is 9.66. The quantitative estimate of drug-likeness (QED) is 0.714. The summed E-state index contributed by atoms with van der Waals surface area (Å²) in [7, 11) is 0. The number of hydrogen-bond acceptors (Lipinski definition) is 2. The van der Waals surface area contributed by atoms with E-state index in [0.29, 0.717) is 0 Å². The SMILES string of the molecule is NC(=O)CC(N)c1cc2ccccc2c2ccccc12. The number of nitrogens with two attached hydrogens (primary N) is 2. The van der Waals surface area contributed by atoms with Crippen LogP contribution in [0.3, 0.4) is 0 Å². The number of carbonyl (C=O) groups excluding carboxylic acids is 1. The fourth-order valence-corrected chi connectivity index (χ4v) is 2.72. The Morgan fingerprint density at radius 2 is 1.55 bits per heavy atom. The molecule has 0 bridgehead atoms. The molecule has 1 unspecified atom stereocenters. The third-order valence-electron chi connectivity index (χ3n) is 3.62. The van der Waals surface area contributed by atoms with Crippen molar-refractivity contribution in [3.8, 4) is 0 Å². The molecule has 1 atom stereocenters.